The van der Waals surface area contributed by atoms with Crippen molar-refractivity contribution >= 4 is 0 Å². The zero-order chi connectivity index (χ0) is 15.2. The number of rotatable bonds is 8. The Morgan fingerprint density at radius 2 is 2.10 bits per heavy atom. The fourth-order valence-electron chi connectivity index (χ4n) is 2.38. The van der Waals surface area contributed by atoms with E-state index in [1.807, 2.05) is 6.92 Å². The Hall–Kier alpha value is -1.24. The molecule has 0 aromatic heterocycles. The van der Waals surface area contributed by atoms with Crippen LogP contribution in [0.4, 0.5) is 8.78 Å². The van der Waals surface area contributed by atoms with Gasteiger partial charge in [-0.15, -0.1) is 0 Å². The topological polar surface area (TPSA) is 39.7 Å². The number of halogens is 2. The highest BCUT2D eigenvalue weighted by atomic mass is 19.1. The summed E-state index contributed by atoms with van der Waals surface area (Å²) in [7, 11) is 1.60. The molecule has 1 aliphatic carbocycles. The van der Waals surface area contributed by atoms with Gasteiger partial charge in [-0.1, -0.05) is 6.92 Å². The summed E-state index contributed by atoms with van der Waals surface area (Å²) < 4.78 is 43.0. The van der Waals surface area contributed by atoms with Crippen molar-refractivity contribution in [1.82, 2.24) is 5.32 Å². The van der Waals surface area contributed by atoms with Gasteiger partial charge in [0.15, 0.2) is 11.6 Å². The SMILES string of the molecule is CCNC1CC(Oc2cc(F)ccc2F)C1OCCOC. The van der Waals surface area contributed by atoms with Crippen LogP contribution < -0.4 is 10.1 Å². The second-order valence-electron chi connectivity index (χ2n) is 4.96. The van der Waals surface area contributed by atoms with Crippen LogP contribution in [0.3, 0.4) is 0 Å². The zero-order valence-corrected chi connectivity index (χ0v) is 12.3. The summed E-state index contributed by atoms with van der Waals surface area (Å²) in [5.41, 5.74) is 0. The smallest absolute Gasteiger partial charge is 0.165 e. The molecule has 2 rings (SSSR count). The highest BCUT2D eigenvalue weighted by molar-refractivity contribution is 5.26. The molecular weight excluding hydrogens is 280 g/mol. The number of nitrogens with one attached hydrogen (secondary N) is 1. The molecule has 3 atom stereocenters. The van der Waals surface area contributed by atoms with Crippen molar-refractivity contribution in [3.63, 3.8) is 0 Å². The molecule has 0 aliphatic heterocycles. The number of hydrogen-bond acceptors (Lipinski definition) is 4. The van der Waals surface area contributed by atoms with Crippen molar-refractivity contribution in [2.75, 3.05) is 26.9 Å². The predicted molar refractivity (Wildman–Crippen MR) is 74.5 cm³/mol. The standard InChI is InChI=1S/C15H21F2NO3/c1-3-18-12-9-14(15(12)20-7-6-19-2)21-13-8-10(16)4-5-11(13)17/h4-5,8,12,14-15,18H,3,6-7,9H2,1-2H3. The lowest BCUT2D eigenvalue weighted by Crippen LogP contribution is -2.61. The number of hydrogen-bond donors (Lipinski definition) is 1. The van der Waals surface area contributed by atoms with E-state index >= 15 is 0 Å². The molecule has 1 aromatic carbocycles. The second kappa shape index (κ2) is 7.68. The van der Waals surface area contributed by atoms with Crippen LogP contribution in [0.5, 0.6) is 5.75 Å². The first-order valence-corrected chi connectivity index (χ1v) is 7.11. The minimum absolute atomic E-state index is 0.0738. The molecule has 1 fully saturated rings. The fourth-order valence-corrected chi connectivity index (χ4v) is 2.38. The molecule has 6 heteroatoms. The van der Waals surface area contributed by atoms with Crippen LogP contribution in [0.25, 0.3) is 0 Å². The lowest BCUT2D eigenvalue weighted by Gasteiger charge is -2.44. The first kappa shape index (κ1) is 16.1. The molecule has 1 aliphatic rings. The normalized spacial score (nSPS) is 24.7. The highest BCUT2D eigenvalue weighted by Crippen LogP contribution is 2.30. The van der Waals surface area contributed by atoms with Gasteiger partial charge in [-0.25, -0.2) is 8.78 Å². The Kier molecular flexibility index (Phi) is 5.90. The van der Waals surface area contributed by atoms with Gasteiger partial charge in [0.2, 0.25) is 0 Å². The average molecular weight is 301 g/mol. The molecule has 4 nitrogen and oxygen atoms in total. The molecule has 0 bridgehead atoms. The minimum atomic E-state index is -0.570. The second-order valence-corrected chi connectivity index (χ2v) is 4.96. The molecule has 0 heterocycles. The molecule has 21 heavy (non-hydrogen) atoms. The van der Waals surface area contributed by atoms with Crippen LogP contribution in [-0.4, -0.2) is 45.1 Å². The van der Waals surface area contributed by atoms with Gasteiger partial charge < -0.3 is 19.5 Å². The van der Waals surface area contributed by atoms with Gasteiger partial charge in [0.1, 0.15) is 18.0 Å². The Morgan fingerprint density at radius 1 is 1.29 bits per heavy atom. The molecule has 0 spiro atoms. The van der Waals surface area contributed by atoms with E-state index in [-0.39, 0.29) is 24.0 Å². The molecule has 1 saturated carbocycles. The van der Waals surface area contributed by atoms with E-state index in [1.54, 1.807) is 7.11 Å². The number of methoxy groups -OCH3 is 1. The maximum absolute atomic E-state index is 13.6. The van der Waals surface area contributed by atoms with Gasteiger partial charge in [-0.3, -0.25) is 0 Å². The van der Waals surface area contributed by atoms with E-state index in [4.69, 9.17) is 14.2 Å². The third kappa shape index (κ3) is 4.12. The largest absolute Gasteiger partial charge is 0.484 e. The van der Waals surface area contributed by atoms with Crippen molar-refractivity contribution in [3.8, 4) is 5.75 Å². The van der Waals surface area contributed by atoms with E-state index in [1.165, 1.54) is 0 Å². The van der Waals surface area contributed by atoms with Crippen LogP contribution in [0.1, 0.15) is 13.3 Å². The Balaban J connectivity index is 1.96. The van der Waals surface area contributed by atoms with Crippen molar-refractivity contribution < 1.29 is 23.0 Å². The Morgan fingerprint density at radius 3 is 2.81 bits per heavy atom. The summed E-state index contributed by atoms with van der Waals surface area (Å²) in [5.74, 6) is -1.17. The van der Waals surface area contributed by atoms with E-state index in [0.29, 0.717) is 19.6 Å². The Labute approximate surface area is 123 Å². The monoisotopic (exact) mass is 301 g/mol. The van der Waals surface area contributed by atoms with Gasteiger partial charge in [-0.2, -0.15) is 0 Å². The van der Waals surface area contributed by atoms with Gasteiger partial charge in [0, 0.05) is 25.6 Å². The number of likely N-dealkylation sites (N-methyl/N-ethyl adjacent to an activating group) is 1. The van der Waals surface area contributed by atoms with E-state index < -0.39 is 11.6 Å². The van der Waals surface area contributed by atoms with Crippen LogP contribution >= 0.6 is 0 Å². The van der Waals surface area contributed by atoms with E-state index in [2.05, 4.69) is 5.32 Å². The maximum atomic E-state index is 13.6. The fraction of sp³-hybridized carbons (Fsp3) is 0.600. The van der Waals surface area contributed by atoms with Gasteiger partial charge in [-0.05, 0) is 18.7 Å². The van der Waals surface area contributed by atoms with Crippen LogP contribution in [0, 0.1) is 11.6 Å². The van der Waals surface area contributed by atoms with Gasteiger partial charge in [0.05, 0.1) is 13.2 Å². The first-order valence-electron chi connectivity index (χ1n) is 7.11. The summed E-state index contributed by atoms with van der Waals surface area (Å²) >= 11 is 0. The zero-order valence-electron chi connectivity index (χ0n) is 12.3. The van der Waals surface area contributed by atoms with Crippen LogP contribution in [0.15, 0.2) is 18.2 Å². The summed E-state index contributed by atoms with van der Waals surface area (Å²) in [5, 5.41) is 3.29. The summed E-state index contributed by atoms with van der Waals surface area (Å²) in [6.45, 7) is 3.74. The molecular formula is C15H21F2NO3. The predicted octanol–water partition coefficient (Wildman–Crippen LogP) is 2.13. The summed E-state index contributed by atoms with van der Waals surface area (Å²) in [6, 6.07) is 3.35. The van der Waals surface area contributed by atoms with Crippen molar-refractivity contribution in [1.29, 1.82) is 0 Å². The van der Waals surface area contributed by atoms with Gasteiger partial charge in [0.25, 0.3) is 0 Å². The molecule has 118 valence electrons. The van der Waals surface area contributed by atoms with E-state index in [0.717, 1.165) is 24.7 Å². The highest BCUT2D eigenvalue weighted by Gasteiger charge is 2.43. The van der Waals surface area contributed by atoms with Crippen molar-refractivity contribution in [3.05, 3.63) is 29.8 Å². The molecule has 3 unspecified atom stereocenters. The van der Waals surface area contributed by atoms with Gasteiger partial charge >= 0.3 is 0 Å². The lowest BCUT2D eigenvalue weighted by molar-refractivity contribution is -0.116. The molecule has 0 amide bonds. The average Bonchev–Trinajstić information content (AvgIpc) is 2.46. The number of ether oxygens (including phenoxy) is 3. The molecule has 1 aromatic rings. The number of benzene rings is 1. The molecule has 1 N–H and O–H groups in total. The van der Waals surface area contributed by atoms with Crippen LogP contribution in [-0.2, 0) is 9.47 Å². The molecule has 0 saturated heterocycles. The maximum Gasteiger partial charge on any atom is 0.165 e. The Bertz CT molecular complexity index is 459. The summed E-state index contributed by atoms with van der Waals surface area (Å²) in [6.07, 6.45) is 0.214. The molecule has 0 radical (unpaired) electrons. The first-order chi connectivity index (χ1) is 10.2. The third-order valence-corrected chi connectivity index (χ3v) is 3.48. The van der Waals surface area contributed by atoms with Crippen molar-refractivity contribution in [2.24, 2.45) is 0 Å². The van der Waals surface area contributed by atoms with Crippen molar-refractivity contribution in [2.45, 2.75) is 31.6 Å². The minimum Gasteiger partial charge on any atom is -0.484 e. The third-order valence-electron chi connectivity index (χ3n) is 3.48. The lowest BCUT2D eigenvalue weighted by atomic mass is 9.85. The summed E-state index contributed by atoms with van der Waals surface area (Å²) in [4.78, 5) is 0. The quantitative estimate of drug-likeness (QED) is 0.747. The van der Waals surface area contributed by atoms with E-state index in [9.17, 15) is 8.78 Å². The van der Waals surface area contributed by atoms with Crippen LogP contribution in [0.2, 0.25) is 0 Å².